The third-order valence-electron chi connectivity index (χ3n) is 3.57. The van der Waals surface area contributed by atoms with Crippen molar-refractivity contribution in [2.75, 3.05) is 66.1 Å². The van der Waals surface area contributed by atoms with Crippen molar-refractivity contribution in [2.24, 2.45) is 5.41 Å². The quantitative estimate of drug-likeness (QED) is 0.409. The van der Waals surface area contributed by atoms with E-state index in [0.29, 0.717) is 26.4 Å². The number of rotatable bonds is 16. The van der Waals surface area contributed by atoms with E-state index in [2.05, 4.69) is 13.8 Å². The van der Waals surface area contributed by atoms with E-state index >= 15 is 0 Å². The van der Waals surface area contributed by atoms with Crippen LogP contribution in [0.5, 0.6) is 0 Å². The third-order valence-corrected chi connectivity index (χ3v) is 3.57. The molecule has 0 bridgehead atoms. The maximum absolute atomic E-state index is 5.67. The Bertz CT molecular complexity index is 243. The van der Waals surface area contributed by atoms with Crippen LogP contribution in [0.2, 0.25) is 0 Å². The Morgan fingerprint density at radius 1 is 0.727 bits per heavy atom. The molecule has 1 fully saturated rings. The highest BCUT2D eigenvalue weighted by Gasteiger charge is 2.33. The van der Waals surface area contributed by atoms with Crippen molar-refractivity contribution in [2.45, 2.75) is 39.5 Å². The van der Waals surface area contributed by atoms with Gasteiger partial charge in [-0.15, -0.1) is 0 Å². The SMILES string of the molecule is CCCCOCCOCCOCCCCOCC1(C)COC1. The zero-order valence-electron chi connectivity index (χ0n) is 14.4. The van der Waals surface area contributed by atoms with Crippen molar-refractivity contribution in [3.05, 3.63) is 0 Å². The summed E-state index contributed by atoms with van der Waals surface area (Å²) in [4.78, 5) is 0. The van der Waals surface area contributed by atoms with Crippen LogP contribution in [0.15, 0.2) is 0 Å². The summed E-state index contributed by atoms with van der Waals surface area (Å²) in [7, 11) is 0. The average Bonchev–Trinajstić information content (AvgIpc) is 2.49. The number of unbranched alkanes of at least 4 members (excludes halogenated alkanes) is 2. The highest BCUT2D eigenvalue weighted by Crippen LogP contribution is 2.26. The molecule has 0 aromatic carbocycles. The maximum atomic E-state index is 5.67. The lowest BCUT2D eigenvalue weighted by molar-refractivity contribution is -0.138. The topological polar surface area (TPSA) is 46.2 Å². The molecular weight excluding hydrogens is 284 g/mol. The van der Waals surface area contributed by atoms with Crippen LogP contribution in [0.4, 0.5) is 0 Å². The van der Waals surface area contributed by atoms with Crippen LogP contribution in [0.25, 0.3) is 0 Å². The van der Waals surface area contributed by atoms with E-state index in [1.54, 1.807) is 0 Å². The van der Waals surface area contributed by atoms with E-state index in [4.69, 9.17) is 23.7 Å². The summed E-state index contributed by atoms with van der Waals surface area (Å²) in [6, 6.07) is 0. The Balaban J connectivity index is 1.66. The second-order valence-corrected chi connectivity index (χ2v) is 6.25. The minimum Gasteiger partial charge on any atom is -0.381 e. The molecule has 0 aliphatic carbocycles. The van der Waals surface area contributed by atoms with Crippen LogP contribution in [0.3, 0.4) is 0 Å². The second kappa shape index (κ2) is 13.3. The van der Waals surface area contributed by atoms with E-state index in [1.165, 1.54) is 6.42 Å². The van der Waals surface area contributed by atoms with Crippen LogP contribution in [-0.4, -0.2) is 66.1 Å². The molecule has 22 heavy (non-hydrogen) atoms. The molecule has 1 saturated heterocycles. The number of hydrogen-bond donors (Lipinski definition) is 0. The van der Waals surface area contributed by atoms with Gasteiger partial charge in [-0.3, -0.25) is 0 Å². The number of hydrogen-bond acceptors (Lipinski definition) is 5. The van der Waals surface area contributed by atoms with E-state index in [9.17, 15) is 0 Å². The van der Waals surface area contributed by atoms with Gasteiger partial charge in [-0.05, 0) is 19.3 Å². The first-order valence-electron chi connectivity index (χ1n) is 8.65. The molecule has 0 unspecified atom stereocenters. The van der Waals surface area contributed by atoms with Gasteiger partial charge in [0.05, 0.1) is 46.2 Å². The molecule has 0 N–H and O–H groups in total. The van der Waals surface area contributed by atoms with Gasteiger partial charge in [0, 0.05) is 25.2 Å². The monoisotopic (exact) mass is 318 g/mol. The fourth-order valence-electron chi connectivity index (χ4n) is 2.05. The van der Waals surface area contributed by atoms with Crippen LogP contribution in [0, 0.1) is 5.41 Å². The Hall–Kier alpha value is -0.200. The van der Waals surface area contributed by atoms with Gasteiger partial charge in [0.2, 0.25) is 0 Å². The largest absolute Gasteiger partial charge is 0.381 e. The summed E-state index contributed by atoms with van der Waals surface area (Å²) < 4.78 is 27.2. The van der Waals surface area contributed by atoms with Crippen LogP contribution in [-0.2, 0) is 23.7 Å². The summed E-state index contributed by atoms with van der Waals surface area (Å²) in [5, 5.41) is 0. The molecule has 1 aliphatic rings. The first-order chi connectivity index (χ1) is 10.8. The summed E-state index contributed by atoms with van der Waals surface area (Å²) in [6.07, 6.45) is 4.38. The molecule has 0 aromatic heterocycles. The lowest BCUT2D eigenvalue weighted by atomic mass is 9.90. The molecule has 0 atom stereocenters. The smallest absolute Gasteiger partial charge is 0.0701 e. The molecule has 0 saturated carbocycles. The van der Waals surface area contributed by atoms with Crippen molar-refractivity contribution in [3.63, 3.8) is 0 Å². The number of ether oxygens (including phenoxy) is 5. The van der Waals surface area contributed by atoms with E-state index in [-0.39, 0.29) is 5.41 Å². The normalized spacial score (nSPS) is 16.6. The van der Waals surface area contributed by atoms with Gasteiger partial charge in [0.25, 0.3) is 0 Å². The second-order valence-electron chi connectivity index (χ2n) is 6.25. The Morgan fingerprint density at radius 3 is 1.73 bits per heavy atom. The first kappa shape index (κ1) is 19.8. The van der Waals surface area contributed by atoms with Crippen LogP contribution >= 0.6 is 0 Å². The highest BCUT2D eigenvalue weighted by atomic mass is 16.5. The first-order valence-corrected chi connectivity index (χ1v) is 8.65. The van der Waals surface area contributed by atoms with E-state index < -0.39 is 0 Å². The van der Waals surface area contributed by atoms with Gasteiger partial charge < -0.3 is 23.7 Å². The van der Waals surface area contributed by atoms with Gasteiger partial charge in [-0.2, -0.15) is 0 Å². The minimum atomic E-state index is 0.258. The predicted octanol–water partition coefficient (Wildman–Crippen LogP) is 2.67. The van der Waals surface area contributed by atoms with E-state index in [1.807, 2.05) is 0 Å². The molecule has 0 aromatic rings. The fraction of sp³-hybridized carbons (Fsp3) is 1.00. The zero-order valence-corrected chi connectivity index (χ0v) is 14.4. The third kappa shape index (κ3) is 10.5. The molecule has 0 radical (unpaired) electrons. The molecule has 5 heteroatoms. The van der Waals surface area contributed by atoms with Crippen molar-refractivity contribution in [1.29, 1.82) is 0 Å². The predicted molar refractivity (Wildman–Crippen MR) is 86.3 cm³/mol. The van der Waals surface area contributed by atoms with Gasteiger partial charge in [-0.25, -0.2) is 0 Å². The Kier molecular flexibility index (Phi) is 12.0. The van der Waals surface area contributed by atoms with Gasteiger partial charge >= 0.3 is 0 Å². The zero-order chi connectivity index (χ0) is 15.9. The van der Waals surface area contributed by atoms with Crippen molar-refractivity contribution < 1.29 is 23.7 Å². The fourth-order valence-corrected chi connectivity index (χ4v) is 2.05. The lowest BCUT2D eigenvalue weighted by Gasteiger charge is -2.37. The van der Waals surface area contributed by atoms with Gasteiger partial charge in [0.1, 0.15) is 0 Å². The molecule has 0 amide bonds. The molecular formula is C17H34O5. The molecule has 1 rings (SSSR count). The summed E-state index contributed by atoms with van der Waals surface area (Å²) >= 11 is 0. The van der Waals surface area contributed by atoms with Crippen LogP contribution in [0.1, 0.15) is 39.5 Å². The van der Waals surface area contributed by atoms with Gasteiger partial charge in [-0.1, -0.05) is 20.3 Å². The summed E-state index contributed by atoms with van der Waals surface area (Å²) in [5.41, 5.74) is 0.258. The van der Waals surface area contributed by atoms with Crippen LogP contribution < -0.4 is 0 Å². The highest BCUT2D eigenvalue weighted by molar-refractivity contribution is 4.79. The standard InChI is InChI=1S/C17H34O5/c1-3-4-7-18-10-12-20-13-11-19-8-5-6-9-21-14-17(2)15-22-16-17/h3-16H2,1-2H3. The van der Waals surface area contributed by atoms with Crippen molar-refractivity contribution in [1.82, 2.24) is 0 Å². The minimum absolute atomic E-state index is 0.258. The van der Waals surface area contributed by atoms with E-state index in [0.717, 1.165) is 58.9 Å². The molecule has 1 aliphatic heterocycles. The molecule has 1 heterocycles. The van der Waals surface area contributed by atoms with Crippen molar-refractivity contribution in [3.8, 4) is 0 Å². The van der Waals surface area contributed by atoms with Crippen molar-refractivity contribution >= 4 is 0 Å². The summed E-state index contributed by atoms with van der Waals surface area (Å²) in [6.45, 7) is 11.9. The molecule has 5 nitrogen and oxygen atoms in total. The molecule has 0 spiro atoms. The summed E-state index contributed by atoms with van der Waals surface area (Å²) in [5.74, 6) is 0. The average molecular weight is 318 g/mol. The Labute approximate surface area is 135 Å². The lowest BCUT2D eigenvalue weighted by Crippen LogP contribution is -2.43. The van der Waals surface area contributed by atoms with Gasteiger partial charge in [0.15, 0.2) is 0 Å². The Morgan fingerprint density at radius 2 is 1.23 bits per heavy atom. The maximum Gasteiger partial charge on any atom is 0.0701 e. The molecule has 132 valence electrons.